The smallest absolute Gasteiger partial charge is 0.243 e. The van der Waals surface area contributed by atoms with Gasteiger partial charge >= 0.3 is 0 Å². The van der Waals surface area contributed by atoms with E-state index in [1.165, 1.54) is 6.07 Å². The zero-order valence-corrected chi connectivity index (χ0v) is 14.2. The largest absolute Gasteiger partial charge is 0.376 e. The second kappa shape index (κ2) is 6.97. The van der Waals surface area contributed by atoms with Gasteiger partial charge in [-0.15, -0.1) is 0 Å². The van der Waals surface area contributed by atoms with Gasteiger partial charge in [0.15, 0.2) is 9.84 Å². The Kier molecular flexibility index (Phi) is 5.23. The Morgan fingerprint density at radius 2 is 2.04 bits per heavy atom. The molecule has 0 aliphatic rings. The maximum atomic E-state index is 11.9. The molecule has 2 aromatic rings. The van der Waals surface area contributed by atoms with Crippen LogP contribution in [0.15, 0.2) is 41.6 Å². The van der Waals surface area contributed by atoms with Crippen LogP contribution < -0.4 is 10.6 Å². The summed E-state index contributed by atoms with van der Waals surface area (Å²) in [5.74, 6) is -0.249. The van der Waals surface area contributed by atoms with Gasteiger partial charge in [-0.05, 0) is 36.8 Å². The zero-order valence-electron chi connectivity index (χ0n) is 12.6. The number of carbonyl (C=O) groups is 1. The number of benzene rings is 1. The molecule has 1 amide bonds. The summed E-state index contributed by atoms with van der Waals surface area (Å²) in [6.07, 6.45) is 4.26. The second-order valence-corrected chi connectivity index (χ2v) is 7.33. The Morgan fingerprint density at radius 1 is 1.30 bits per heavy atom. The number of anilines is 2. The molecule has 1 heterocycles. The molecule has 6 nitrogen and oxygen atoms in total. The van der Waals surface area contributed by atoms with Crippen LogP contribution in [0.5, 0.6) is 0 Å². The van der Waals surface area contributed by atoms with E-state index in [0.717, 1.165) is 6.26 Å². The minimum atomic E-state index is -3.39. The summed E-state index contributed by atoms with van der Waals surface area (Å²) in [4.78, 5) is 15.9. The number of hydrogen-bond donors (Lipinski definition) is 2. The molecule has 0 atom stereocenters. The Hall–Kier alpha value is -2.12. The normalized spacial score (nSPS) is 11.1. The van der Waals surface area contributed by atoms with E-state index >= 15 is 0 Å². The molecule has 0 saturated carbocycles. The first-order valence-corrected chi connectivity index (χ1v) is 8.99. The molecule has 23 heavy (non-hydrogen) atoms. The number of sulfone groups is 1. The lowest BCUT2D eigenvalue weighted by Crippen LogP contribution is -2.22. The Labute approximate surface area is 139 Å². The van der Waals surface area contributed by atoms with Gasteiger partial charge in [0.1, 0.15) is 0 Å². The SMILES string of the molecule is Cc1c(NCC(=O)Nc2cccnc2)ccc(S(C)(=O)=O)c1Cl. The van der Waals surface area contributed by atoms with E-state index in [-0.39, 0.29) is 22.4 Å². The summed E-state index contributed by atoms with van der Waals surface area (Å²) in [5.41, 5.74) is 1.77. The van der Waals surface area contributed by atoms with E-state index in [4.69, 9.17) is 11.6 Å². The van der Waals surface area contributed by atoms with Gasteiger partial charge in [-0.1, -0.05) is 11.6 Å². The van der Waals surface area contributed by atoms with Crippen LogP contribution in [0.1, 0.15) is 5.56 Å². The third-order valence-electron chi connectivity index (χ3n) is 3.14. The molecule has 0 spiro atoms. The minimum absolute atomic E-state index is 0.0181. The third kappa shape index (κ3) is 4.43. The fourth-order valence-electron chi connectivity index (χ4n) is 1.96. The van der Waals surface area contributed by atoms with Crippen LogP contribution >= 0.6 is 11.6 Å². The van der Waals surface area contributed by atoms with Crippen molar-refractivity contribution in [3.8, 4) is 0 Å². The van der Waals surface area contributed by atoms with Crippen molar-refractivity contribution in [2.45, 2.75) is 11.8 Å². The Balaban J connectivity index is 2.07. The minimum Gasteiger partial charge on any atom is -0.376 e. The molecule has 1 aromatic heterocycles. The third-order valence-corrected chi connectivity index (χ3v) is 4.87. The predicted molar refractivity (Wildman–Crippen MR) is 90.7 cm³/mol. The number of carbonyl (C=O) groups excluding carboxylic acids is 1. The number of amides is 1. The number of rotatable bonds is 5. The van der Waals surface area contributed by atoms with Crippen LogP contribution in [0.25, 0.3) is 0 Å². The molecule has 0 fully saturated rings. The highest BCUT2D eigenvalue weighted by molar-refractivity contribution is 7.90. The highest BCUT2D eigenvalue weighted by Gasteiger charge is 2.16. The molecule has 0 aliphatic heterocycles. The van der Waals surface area contributed by atoms with Crippen molar-refractivity contribution in [1.29, 1.82) is 0 Å². The lowest BCUT2D eigenvalue weighted by atomic mass is 10.2. The fourth-order valence-corrected chi connectivity index (χ4v) is 3.33. The Morgan fingerprint density at radius 3 is 2.65 bits per heavy atom. The molecular formula is C15H16ClN3O3S. The number of pyridine rings is 1. The van der Waals surface area contributed by atoms with Gasteiger partial charge in [-0.2, -0.15) is 0 Å². The molecule has 1 aromatic carbocycles. The van der Waals surface area contributed by atoms with Crippen molar-refractivity contribution < 1.29 is 13.2 Å². The molecule has 122 valence electrons. The van der Waals surface area contributed by atoms with Gasteiger partial charge in [-0.25, -0.2) is 8.42 Å². The Bertz CT molecular complexity index is 823. The van der Waals surface area contributed by atoms with Crippen LogP contribution in [0.2, 0.25) is 5.02 Å². The monoisotopic (exact) mass is 353 g/mol. The first-order valence-electron chi connectivity index (χ1n) is 6.72. The quantitative estimate of drug-likeness (QED) is 0.862. The van der Waals surface area contributed by atoms with Crippen LogP contribution in [0.4, 0.5) is 11.4 Å². The number of nitrogens with zero attached hydrogens (tertiary/aromatic N) is 1. The highest BCUT2D eigenvalue weighted by Crippen LogP contribution is 2.30. The van der Waals surface area contributed by atoms with Crippen molar-refractivity contribution >= 4 is 38.7 Å². The zero-order chi connectivity index (χ0) is 17.0. The second-order valence-electron chi connectivity index (χ2n) is 4.97. The lowest BCUT2D eigenvalue weighted by Gasteiger charge is -2.13. The summed E-state index contributed by atoms with van der Waals surface area (Å²) in [7, 11) is -3.39. The molecule has 8 heteroatoms. The van der Waals surface area contributed by atoms with Gasteiger partial charge < -0.3 is 10.6 Å². The van der Waals surface area contributed by atoms with Crippen LogP contribution in [-0.2, 0) is 14.6 Å². The van der Waals surface area contributed by atoms with Crippen molar-refractivity contribution in [3.05, 3.63) is 47.2 Å². The first kappa shape index (κ1) is 17.2. The highest BCUT2D eigenvalue weighted by atomic mass is 35.5. The van der Waals surface area contributed by atoms with Crippen molar-refractivity contribution in [2.75, 3.05) is 23.4 Å². The van der Waals surface area contributed by atoms with Crippen molar-refractivity contribution in [3.63, 3.8) is 0 Å². The van der Waals surface area contributed by atoms with E-state index in [1.807, 2.05) is 0 Å². The van der Waals surface area contributed by atoms with Gasteiger partial charge in [0.05, 0.1) is 28.3 Å². The molecule has 2 rings (SSSR count). The molecule has 0 unspecified atom stereocenters. The van der Waals surface area contributed by atoms with Crippen molar-refractivity contribution in [1.82, 2.24) is 4.98 Å². The standard InChI is InChI=1S/C15H16ClN3O3S/c1-10-12(5-6-13(15(10)16)23(2,21)22)18-9-14(20)19-11-4-3-7-17-8-11/h3-8,18H,9H2,1-2H3,(H,19,20). The van der Waals surface area contributed by atoms with E-state index in [0.29, 0.717) is 16.9 Å². The van der Waals surface area contributed by atoms with E-state index in [1.54, 1.807) is 37.5 Å². The predicted octanol–water partition coefficient (Wildman–Crippen LogP) is 2.50. The lowest BCUT2D eigenvalue weighted by molar-refractivity contribution is -0.114. The van der Waals surface area contributed by atoms with E-state index < -0.39 is 9.84 Å². The summed E-state index contributed by atoms with van der Waals surface area (Å²) in [5, 5.41) is 5.79. The van der Waals surface area contributed by atoms with Gasteiger partial charge in [0.25, 0.3) is 0 Å². The van der Waals surface area contributed by atoms with Crippen LogP contribution in [0.3, 0.4) is 0 Å². The van der Waals surface area contributed by atoms with E-state index in [2.05, 4.69) is 15.6 Å². The maximum absolute atomic E-state index is 11.9. The average Bonchev–Trinajstić information content (AvgIpc) is 2.48. The molecular weight excluding hydrogens is 338 g/mol. The topological polar surface area (TPSA) is 88.2 Å². The number of nitrogens with one attached hydrogen (secondary N) is 2. The molecule has 0 radical (unpaired) electrons. The molecule has 0 aliphatic carbocycles. The molecule has 0 bridgehead atoms. The van der Waals surface area contributed by atoms with Crippen LogP contribution in [0, 0.1) is 6.92 Å². The van der Waals surface area contributed by atoms with Gasteiger partial charge in [0.2, 0.25) is 5.91 Å². The van der Waals surface area contributed by atoms with E-state index in [9.17, 15) is 13.2 Å². The van der Waals surface area contributed by atoms with Gasteiger partial charge in [0, 0.05) is 18.1 Å². The maximum Gasteiger partial charge on any atom is 0.243 e. The van der Waals surface area contributed by atoms with Crippen LogP contribution in [-0.4, -0.2) is 32.1 Å². The summed E-state index contributed by atoms with van der Waals surface area (Å²) < 4.78 is 23.2. The van der Waals surface area contributed by atoms with Gasteiger partial charge in [-0.3, -0.25) is 9.78 Å². The number of hydrogen-bond acceptors (Lipinski definition) is 5. The van der Waals surface area contributed by atoms with Crippen molar-refractivity contribution in [2.24, 2.45) is 0 Å². The number of halogens is 1. The summed E-state index contributed by atoms with van der Waals surface area (Å²) in [6, 6.07) is 6.46. The average molecular weight is 354 g/mol. The first-order chi connectivity index (χ1) is 10.8. The fraction of sp³-hybridized carbons (Fsp3) is 0.200. The summed E-state index contributed by atoms with van der Waals surface area (Å²) >= 11 is 6.10. The summed E-state index contributed by atoms with van der Waals surface area (Å²) in [6.45, 7) is 1.71. The molecule has 2 N–H and O–H groups in total. The number of aromatic nitrogens is 1. The molecule has 0 saturated heterocycles.